The van der Waals surface area contributed by atoms with Gasteiger partial charge in [0.05, 0.1) is 7.11 Å². The number of benzene rings is 2. The van der Waals surface area contributed by atoms with Gasteiger partial charge in [0.25, 0.3) is 0 Å². The van der Waals surface area contributed by atoms with Crippen LogP contribution >= 0.6 is 0 Å². The lowest BCUT2D eigenvalue weighted by Gasteiger charge is -2.26. The molecule has 0 spiro atoms. The molecule has 6 nitrogen and oxygen atoms in total. The summed E-state index contributed by atoms with van der Waals surface area (Å²) in [5.41, 5.74) is 1.93. The molecule has 28 heavy (non-hydrogen) atoms. The van der Waals surface area contributed by atoms with Crippen molar-refractivity contribution < 1.29 is 19.1 Å². The Hall–Kier alpha value is -3.02. The maximum Gasteiger partial charge on any atom is 0.408 e. The third-order valence-corrected chi connectivity index (χ3v) is 4.70. The standard InChI is InChI=1S/C22H26N2O4/c1-16(23-22(26)28-15-18-6-4-3-5-7-18)21(25)24(19-10-11-19)14-17-8-12-20(27-2)13-9-17/h3-9,12-13,16,19H,10-11,14-15H2,1-2H3,(H,23,26)/t16-/m1/s1. The molecule has 1 N–H and O–H groups in total. The zero-order valence-corrected chi connectivity index (χ0v) is 16.3. The Morgan fingerprint density at radius 1 is 1.07 bits per heavy atom. The predicted molar refractivity (Wildman–Crippen MR) is 106 cm³/mol. The van der Waals surface area contributed by atoms with E-state index in [2.05, 4.69) is 5.32 Å². The van der Waals surface area contributed by atoms with Gasteiger partial charge in [-0.05, 0) is 43.0 Å². The van der Waals surface area contributed by atoms with Crippen LogP contribution in [0.15, 0.2) is 54.6 Å². The van der Waals surface area contributed by atoms with Crippen LogP contribution in [0, 0.1) is 0 Å². The Labute approximate surface area is 165 Å². The molecule has 2 aromatic carbocycles. The minimum Gasteiger partial charge on any atom is -0.497 e. The summed E-state index contributed by atoms with van der Waals surface area (Å²) in [5, 5.41) is 2.64. The molecule has 0 heterocycles. The quantitative estimate of drug-likeness (QED) is 0.759. The van der Waals surface area contributed by atoms with Gasteiger partial charge in [-0.3, -0.25) is 4.79 Å². The van der Waals surface area contributed by atoms with E-state index >= 15 is 0 Å². The zero-order chi connectivity index (χ0) is 19.9. The lowest BCUT2D eigenvalue weighted by Crippen LogP contribution is -2.47. The maximum atomic E-state index is 12.9. The van der Waals surface area contributed by atoms with E-state index in [0.717, 1.165) is 29.7 Å². The Kier molecular flexibility index (Phi) is 6.53. The Morgan fingerprint density at radius 3 is 2.36 bits per heavy atom. The van der Waals surface area contributed by atoms with Gasteiger partial charge in [0.1, 0.15) is 18.4 Å². The van der Waals surface area contributed by atoms with Crippen molar-refractivity contribution in [2.45, 2.75) is 45.0 Å². The molecular formula is C22H26N2O4. The molecule has 1 aliphatic carbocycles. The second-order valence-electron chi connectivity index (χ2n) is 6.97. The van der Waals surface area contributed by atoms with Crippen molar-refractivity contribution >= 4 is 12.0 Å². The van der Waals surface area contributed by atoms with Crippen LogP contribution in [0.25, 0.3) is 0 Å². The number of ether oxygens (including phenoxy) is 2. The number of nitrogens with one attached hydrogen (secondary N) is 1. The fourth-order valence-electron chi connectivity index (χ4n) is 2.95. The number of hydrogen-bond donors (Lipinski definition) is 1. The predicted octanol–water partition coefficient (Wildman–Crippen LogP) is 3.50. The first-order chi connectivity index (χ1) is 13.6. The van der Waals surface area contributed by atoms with Gasteiger partial charge in [-0.2, -0.15) is 0 Å². The first kappa shape index (κ1) is 19.7. The topological polar surface area (TPSA) is 67.9 Å². The van der Waals surface area contributed by atoms with E-state index in [9.17, 15) is 9.59 Å². The zero-order valence-electron chi connectivity index (χ0n) is 16.3. The molecule has 0 aliphatic heterocycles. The van der Waals surface area contributed by atoms with Crippen molar-refractivity contribution in [1.82, 2.24) is 10.2 Å². The van der Waals surface area contributed by atoms with Crippen LogP contribution in [0.1, 0.15) is 30.9 Å². The summed E-state index contributed by atoms with van der Waals surface area (Å²) in [5.74, 6) is 0.680. The molecule has 0 aromatic heterocycles. The van der Waals surface area contributed by atoms with Crippen molar-refractivity contribution in [2.75, 3.05) is 7.11 Å². The highest BCUT2D eigenvalue weighted by molar-refractivity contribution is 5.85. The van der Waals surface area contributed by atoms with Gasteiger partial charge in [0.2, 0.25) is 5.91 Å². The van der Waals surface area contributed by atoms with E-state index in [4.69, 9.17) is 9.47 Å². The summed E-state index contributed by atoms with van der Waals surface area (Å²) in [6.07, 6.45) is 1.39. The first-order valence-electron chi connectivity index (χ1n) is 9.47. The molecule has 3 rings (SSSR count). The highest BCUT2D eigenvalue weighted by Gasteiger charge is 2.35. The van der Waals surface area contributed by atoms with Crippen LogP contribution in [0.4, 0.5) is 4.79 Å². The van der Waals surface area contributed by atoms with Gasteiger partial charge in [-0.1, -0.05) is 42.5 Å². The number of hydrogen-bond acceptors (Lipinski definition) is 4. The lowest BCUT2D eigenvalue weighted by atomic mass is 10.2. The lowest BCUT2D eigenvalue weighted by molar-refractivity contribution is -0.134. The molecule has 0 saturated heterocycles. The van der Waals surface area contributed by atoms with Crippen LogP contribution in [-0.2, 0) is 22.7 Å². The van der Waals surface area contributed by atoms with Crippen molar-refractivity contribution in [1.29, 1.82) is 0 Å². The van der Waals surface area contributed by atoms with Gasteiger partial charge in [-0.15, -0.1) is 0 Å². The van der Waals surface area contributed by atoms with E-state index in [0.29, 0.717) is 6.54 Å². The van der Waals surface area contributed by atoms with Crippen LogP contribution in [0.5, 0.6) is 5.75 Å². The second-order valence-corrected chi connectivity index (χ2v) is 6.97. The third-order valence-electron chi connectivity index (χ3n) is 4.70. The summed E-state index contributed by atoms with van der Waals surface area (Å²) < 4.78 is 10.4. The number of alkyl carbamates (subject to hydrolysis) is 1. The molecule has 2 amide bonds. The highest BCUT2D eigenvalue weighted by Crippen LogP contribution is 2.29. The summed E-state index contributed by atoms with van der Waals surface area (Å²) in [6, 6.07) is 16.7. The average molecular weight is 382 g/mol. The summed E-state index contributed by atoms with van der Waals surface area (Å²) in [6.45, 7) is 2.37. The van der Waals surface area contributed by atoms with Crippen LogP contribution in [0.3, 0.4) is 0 Å². The minimum atomic E-state index is -0.651. The van der Waals surface area contributed by atoms with E-state index in [1.165, 1.54) is 0 Å². The molecule has 6 heteroatoms. The van der Waals surface area contributed by atoms with E-state index in [-0.39, 0.29) is 18.6 Å². The third kappa shape index (κ3) is 5.49. The van der Waals surface area contributed by atoms with Gasteiger partial charge in [0, 0.05) is 12.6 Å². The maximum absolute atomic E-state index is 12.9. The molecule has 0 radical (unpaired) electrons. The Morgan fingerprint density at radius 2 is 1.75 bits per heavy atom. The molecule has 0 bridgehead atoms. The summed E-state index contributed by atoms with van der Waals surface area (Å²) in [4.78, 5) is 26.8. The Balaban J connectivity index is 1.54. The molecule has 1 aliphatic rings. The van der Waals surface area contributed by atoms with E-state index < -0.39 is 12.1 Å². The summed E-state index contributed by atoms with van der Waals surface area (Å²) in [7, 11) is 1.62. The van der Waals surface area contributed by atoms with Gasteiger partial charge in [-0.25, -0.2) is 4.79 Å². The van der Waals surface area contributed by atoms with Crippen LogP contribution in [-0.4, -0.2) is 36.1 Å². The highest BCUT2D eigenvalue weighted by atomic mass is 16.5. The number of amides is 2. The summed E-state index contributed by atoms with van der Waals surface area (Å²) >= 11 is 0. The fraction of sp³-hybridized carbons (Fsp3) is 0.364. The van der Waals surface area contributed by atoms with Crippen molar-refractivity contribution in [2.24, 2.45) is 0 Å². The second kappa shape index (κ2) is 9.26. The largest absolute Gasteiger partial charge is 0.497 e. The SMILES string of the molecule is COc1ccc(CN(C(=O)[C@@H](C)NC(=O)OCc2ccccc2)C2CC2)cc1. The molecule has 0 unspecified atom stereocenters. The number of nitrogens with zero attached hydrogens (tertiary/aromatic N) is 1. The molecule has 1 fully saturated rings. The van der Waals surface area contributed by atoms with Gasteiger partial charge < -0.3 is 19.7 Å². The fourth-order valence-corrected chi connectivity index (χ4v) is 2.95. The molecule has 1 atom stereocenters. The van der Waals surface area contributed by atoms with Crippen LogP contribution < -0.4 is 10.1 Å². The monoisotopic (exact) mass is 382 g/mol. The number of carbonyl (C=O) groups excluding carboxylic acids is 2. The molecular weight excluding hydrogens is 356 g/mol. The van der Waals surface area contributed by atoms with Gasteiger partial charge in [0.15, 0.2) is 0 Å². The number of carbonyl (C=O) groups is 2. The first-order valence-corrected chi connectivity index (χ1v) is 9.47. The number of rotatable bonds is 8. The van der Waals surface area contributed by atoms with Crippen molar-refractivity contribution in [3.05, 3.63) is 65.7 Å². The van der Waals surface area contributed by atoms with Crippen LogP contribution in [0.2, 0.25) is 0 Å². The average Bonchev–Trinajstić information content (AvgIpc) is 3.56. The number of methoxy groups -OCH3 is 1. The smallest absolute Gasteiger partial charge is 0.408 e. The van der Waals surface area contributed by atoms with Crippen molar-refractivity contribution in [3.8, 4) is 5.75 Å². The minimum absolute atomic E-state index is 0.102. The van der Waals surface area contributed by atoms with Crippen molar-refractivity contribution in [3.63, 3.8) is 0 Å². The Bertz CT molecular complexity index is 788. The normalized spacial score (nSPS) is 14.1. The van der Waals surface area contributed by atoms with E-state index in [1.54, 1.807) is 14.0 Å². The molecule has 2 aromatic rings. The van der Waals surface area contributed by atoms with E-state index in [1.807, 2.05) is 59.5 Å². The van der Waals surface area contributed by atoms with Gasteiger partial charge >= 0.3 is 6.09 Å². The molecule has 1 saturated carbocycles. The molecule has 148 valence electrons.